The number of hydrogen-bond donors (Lipinski definition) is 5. The molecule has 0 aromatic heterocycles. The molecule has 0 unspecified atom stereocenters. The molecule has 6 atom stereocenters. The highest BCUT2D eigenvalue weighted by Gasteiger charge is 2.44. The number of carbonyl (C=O) groups excluding carboxylic acids is 4. The number of nitrogens with one attached hydrogen (secondary N) is 3. The minimum atomic E-state index is -3.98. The van der Waals surface area contributed by atoms with Crippen LogP contribution >= 0.6 is 10.7 Å². The quantitative estimate of drug-likeness (QED) is 0.0342. The normalized spacial score (nSPS) is 17.0. The number of rotatable bonds is 23. The molecular formula is C64H93ClF2N6O14S2. The van der Waals surface area contributed by atoms with Crippen molar-refractivity contribution in [2.24, 2.45) is 0 Å². The standard InChI is InChI=1S/C32H46FN3O7S.C25H40FN3O5.C7H7ClO2S/c1-7-8-9-15-42-26-18-24(17-25(33)20-26)19-28(34-23(3)37)30(38)29-21-35(13-14-36(29)31(39)43-32(4,5)6)44(40,41)27-12-10-11-22(2)16-27;1-6-7-8-11-33-20-13-18(12-19(26)15-20)14-21(28-17(2)30)23(31)22-16-27-9-10-29(22)24(32)34-25(3,4)5;1-6-3-2-4-7(5-6)11(8,9)10/h10-12,16-18,20,28-30,38H,7-9,13-15,19,21H2,1-6H3,(H,34,37);12-13,15,21-23,27,31H,6-11,14,16H2,1-5H3,(H,28,30);2-5H,1H3/t28-,29+,30-;21-,22+,23-;/m00./s1. The Morgan fingerprint density at radius 2 is 1.08 bits per heavy atom. The highest BCUT2D eigenvalue weighted by molar-refractivity contribution is 8.13. The van der Waals surface area contributed by atoms with Gasteiger partial charge in [0.1, 0.15) is 34.3 Å². The molecule has 0 bridgehead atoms. The number of benzene rings is 4. The van der Waals surface area contributed by atoms with Crippen LogP contribution in [0.2, 0.25) is 0 Å². The number of aliphatic hydroxyl groups excluding tert-OH is 2. The lowest BCUT2D eigenvalue weighted by Crippen LogP contribution is -2.64. The van der Waals surface area contributed by atoms with Crippen LogP contribution in [0.4, 0.5) is 18.4 Å². The van der Waals surface area contributed by atoms with Gasteiger partial charge in [-0.15, -0.1) is 0 Å². The third kappa shape index (κ3) is 25.9. The number of aliphatic hydroxyl groups is 2. The highest BCUT2D eigenvalue weighted by Crippen LogP contribution is 2.28. The average molecular weight is 1310 g/mol. The summed E-state index contributed by atoms with van der Waals surface area (Å²) >= 11 is 0. The van der Waals surface area contributed by atoms with Crippen molar-refractivity contribution < 1.29 is 74.0 Å². The van der Waals surface area contributed by atoms with Crippen molar-refractivity contribution in [1.82, 2.24) is 30.1 Å². The largest absolute Gasteiger partial charge is 0.493 e. The third-order valence-electron chi connectivity index (χ3n) is 14.0. The van der Waals surface area contributed by atoms with Gasteiger partial charge in [0.05, 0.1) is 59.4 Å². The van der Waals surface area contributed by atoms with E-state index in [0.717, 1.165) is 49.7 Å². The van der Waals surface area contributed by atoms with Gasteiger partial charge in [-0.2, -0.15) is 4.31 Å². The molecule has 2 fully saturated rings. The van der Waals surface area contributed by atoms with E-state index < -0.39 is 96.4 Å². The predicted octanol–water partition coefficient (Wildman–Crippen LogP) is 9.36. The second-order valence-corrected chi connectivity index (χ2v) is 28.8. The number of hydrogen-bond acceptors (Lipinski definition) is 15. The van der Waals surface area contributed by atoms with Crippen LogP contribution in [0.3, 0.4) is 0 Å². The summed E-state index contributed by atoms with van der Waals surface area (Å²) in [7, 11) is -2.43. The molecule has 0 aliphatic carbocycles. The van der Waals surface area contributed by atoms with Gasteiger partial charge in [-0.25, -0.2) is 35.2 Å². The zero-order valence-corrected chi connectivity index (χ0v) is 55.8. The Kier molecular flexibility index (Phi) is 29.5. The average Bonchev–Trinajstić information content (AvgIpc) is 0.940. The molecule has 2 heterocycles. The first-order valence-corrected chi connectivity index (χ1v) is 33.9. The molecule has 0 saturated carbocycles. The Morgan fingerprint density at radius 1 is 0.640 bits per heavy atom. The number of amides is 4. The van der Waals surface area contributed by atoms with Gasteiger partial charge in [-0.05, 0) is 152 Å². The molecule has 4 aromatic carbocycles. The summed E-state index contributed by atoms with van der Waals surface area (Å²) in [5.74, 6) is -1.02. The third-order valence-corrected chi connectivity index (χ3v) is 17.2. The van der Waals surface area contributed by atoms with Gasteiger partial charge < -0.3 is 45.1 Å². The number of halogens is 3. The molecule has 496 valence electrons. The van der Waals surface area contributed by atoms with Crippen molar-refractivity contribution >= 4 is 53.8 Å². The van der Waals surface area contributed by atoms with E-state index in [1.165, 1.54) is 70.4 Å². The highest BCUT2D eigenvalue weighted by atomic mass is 35.7. The molecule has 6 rings (SSSR count). The van der Waals surface area contributed by atoms with Crippen LogP contribution in [0.25, 0.3) is 0 Å². The van der Waals surface area contributed by atoms with Gasteiger partial charge >= 0.3 is 12.2 Å². The second-order valence-electron chi connectivity index (χ2n) is 24.3. The van der Waals surface area contributed by atoms with Crippen LogP contribution in [0, 0.1) is 25.5 Å². The summed E-state index contributed by atoms with van der Waals surface area (Å²) in [6.45, 7) is 22.7. The van der Waals surface area contributed by atoms with Crippen LogP contribution in [0.5, 0.6) is 11.5 Å². The van der Waals surface area contributed by atoms with Crippen LogP contribution in [0.1, 0.15) is 130 Å². The molecule has 2 saturated heterocycles. The number of nitrogens with zero attached hydrogens (tertiary/aromatic N) is 3. The lowest BCUT2D eigenvalue weighted by Gasteiger charge is -2.44. The lowest BCUT2D eigenvalue weighted by molar-refractivity contribution is -0.121. The molecule has 0 spiro atoms. The molecule has 89 heavy (non-hydrogen) atoms. The first-order valence-electron chi connectivity index (χ1n) is 30.1. The van der Waals surface area contributed by atoms with Crippen molar-refractivity contribution in [2.45, 2.75) is 192 Å². The van der Waals surface area contributed by atoms with Gasteiger partial charge in [0.2, 0.25) is 21.8 Å². The summed E-state index contributed by atoms with van der Waals surface area (Å²) in [6, 6.07) is 18.1. The fraction of sp³-hybridized carbons (Fsp3) is 0.562. The van der Waals surface area contributed by atoms with E-state index in [9.17, 15) is 55.0 Å². The van der Waals surface area contributed by atoms with E-state index in [0.29, 0.717) is 55.5 Å². The summed E-state index contributed by atoms with van der Waals surface area (Å²) in [5.41, 5.74) is 1.16. The van der Waals surface area contributed by atoms with Gasteiger partial charge in [-0.3, -0.25) is 19.4 Å². The molecule has 4 aromatic rings. The van der Waals surface area contributed by atoms with Crippen molar-refractivity contribution in [1.29, 1.82) is 0 Å². The Labute approximate surface area is 529 Å². The number of carbonyl (C=O) groups is 4. The first-order chi connectivity index (χ1) is 41.6. The Morgan fingerprint density at radius 3 is 1.49 bits per heavy atom. The summed E-state index contributed by atoms with van der Waals surface area (Å²) in [5, 5.41) is 31.7. The number of ether oxygens (including phenoxy) is 4. The molecular weight excluding hydrogens is 1210 g/mol. The van der Waals surface area contributed by atoms with E-state index in [1.807, 2.05) is 13.0 Å². The van der Waals surface area contributed by atoms with E-state index in [4.69, 9.17) is 29.6 Å². The Hall–Kier alpha value is -6.15. The van der Waals surface area contributed by atoms with Crippen molar-refractivity contribution in [3.05, 3.63) is 119 Å². The zero-order valence-electron chi connectivity index (χ0n) is 53.4. The molecule has 4 amide bonds. The maximum Gasteiger partial charge on any atom is 0.410 e. The molecule has 25 heteroatoms. The maximum absolute atomic E-state index is 14.6. The first kappa shape index (κ1) is 75.3. The van der Waals surface area contributed by atoms with Gasteiger partial charge in [-0.1, -0.05) is 63.8 Å². The van der Waals surface area contributed by atoms with Gasteiger partial charge in [0, 0.05) is 75.9 Å². The van der Waals surface area contributed by atoms with Crippen LogP contribution in [-0.2, 0) is 51.0 Å². The molecule has 20 nitrogen and oxygen atoms in total. The fourth-order valence-electron chi connectivity index (χ4n) is 9.92. The summed E-state index contributed by atoms with van der Waals surface area (Å²) in [6.07, 6.45) is 2.15. The van der Waals surface area contributed by atoms with Gasteiger partial charge in [0.15, 0.2) is 0 Å². The van der Waals surface area contributed by atoms with Crippen molar-refractivity contribution in [3.63, 3.8) is 0 Å². The second kappa shape index (κ2) is 34.9. The monoisotopic (exact) mass is 1310 g/mol. The van der Waals surface area contributed by atoms with E-state index in [-0.39, 0.29) is 48.2 Å². The van der Waals surface area contributed by atoms with Crippen molar-refractivity contribution in [3.8, 4) is 11.5 Å². The Bertz CT molecular complexity index is 3190. The minimum Gasteiger partial charge on any atom is -0.493 e. The van der Waals surface area contributed by atoms with Crippen LogP contribution in [-0.4, -0.2) is 165 Å². The topological polar surface area (TPSA) is 260 Å². The predicted molar refractivity (Wildman–Crippen MR) is 338 cm³/mol. The number of sulfonamides is 1. The number of aryl methyl sites for hydroxylation is 2. The van der Waals surface area contributed by atoms with Crippen LogP contribution < -0.4 is 25.4 Å². The minimum absolute atomic E-state index is 0.00683. The maximum atomic E-state index is 14.6. The number of unbranched alkanes of at least 4 members (excludes halogenated alkanes) is 4. The Balaban J connectivity index is 0.000000331. The van der Waals surface area contributed by atoms with Crippen molar-refractivity contribution in [2.75, 3.05) is 52.5 Å². The SMILES string of the molecule is CCCCCOc1cc(F)cc(C[C@H](NC(C)=O)[C@H](O)[C@H]2CN(S(=O)(=O)c3cccc(C)c3)CCN2C(=O)OC(C)(C)C)c1.CCCCCOc1cc(F)cc(C[C@H](NC(C)=O)[C@H](O)[C@H]2CNCCN2C(=O)OC(C)(C)C)c1.Cc1cccc(S(=O)(=O)Cl)c1. The molecule has 0 radical (unpaired) electrons. The zero-order chi connectivity index (χ0) is 66.4. The van der Waals surface area contributed by atoms with Crippen LogP contribution in [0.15, 0.2) is 94.7 Å². The molecule has 5 N–H and O–H groups in total. The fourth-order valence-corrected chi connectivity index (χ4v) is 12.3. The van der Waals surface area contributed by atoms with E-state index in [2.05, 4.69) is 29.8 Å². The van der Waals surface area contributed by atoms with Gasteiger partial charge in [0.25, 0.3) is 9.05 Å². The smallest absolute Gasteiger partial charge is 0.410 e. The van der Waals surface area contributed by atoms with E-state index in [1.54, 1.807) is 84.9 Å². The summed E-state index contributed by atoms with van der Waals surface area (Å²) in [4.78, 5) is 53.4. The molecule has 2 aliphatic rings. The molecule has 2 aliphatic heterocycles. The lowest BCUT2D eigenvalue weighted by atomic mass is 9.94. The summed E-state index contributed by atoms with van der Waals surface area (Å²) < 4.78 is 101. The van der Waals surface area contributed by atoms with E-state index >= 15 is 0 Å². The number of piperazine rings is 2.